The van der Waals surface area contributed by atoms with E-state index < -0.39 is 0 Å². The maximum Gasteiger partial charge on any atom is 0.164 e. The summed E-state index contributed by atoms with van der Waals surface area (Å²) < 4.78 is 12.5. The molecular weight excluding hydrogens is 615 g/mol. The van der Waals surface area contributed by atoms with Gasteiger partial charge in [0.15, 0.2) is 17.5 Å². The number of fused-ring (bicyclic) bond motifs is 6. The van der Waals surface area contributed by atoms with Crippen molar-refractivity contribution >= 4 is 43.9 Å². The van der Waals surface area contributed by atoms with Crippen LogP contribution in [-0.4, -0.2) is 15.0 Å². The van der Waals surface area contributed by atoms with Gasteiger partial charge in [0.1, 0.15) is 22.3 Å². The maximum absolute atomic E-state index is 6.26. The van der Waals surface area contributed by atoms with Gasteiger partial charge in [-0.2, -0.15) is 0 Å². The highest BCUT2D eigenvalue weighted by atomic mass is 16.3. The van der Waals surface area contributed by atoms with E-state index in [0.717, 1.165) is 82.8 Å². The predicted molar refractivity (Wildman–Crippen MR) is 202 cm³/mol. The van der Waals surface area contributed by atoms with E-state index in [2.05, 4.69) is 103 Å². The molecule has 50 heavy (non-hydrogen) atoms. The summed E-state index contributed by atoms with van der Waals surface area (Å²) in [6, 6.07) is 55.8. The molecule has 0 atom stereocenters. The lowest BCUT2D eigenvalue weighted by atomic mass is 9.98. The van der Waals surface area contributed by atoms with Crippen LogP contribution in [0.1, 0.15) is 0 Å². The number of benzene rings is 7. The maximum atomic E-state index is 6.26. The van der Waals surface area contributed by atoms with E-state index >= 15 is 0 Å². The van der Waals surface area contributed by atoms with Gasteiger partial charge in [0.05, 0.1) is 0 Å². The molecule has 10 rings (SSSR count). The number of nitrogens with zero attached hydrogens (tertiary/aromatic N) is 3. The van der Waals surface area contributed by atoms with Gasteiger partial charge in [-0.25, -0.2) is 15.0 Å². The summed E-state index contributed by atoms with van der Waals surface area (Å²) >= 11 is 0. The second-order valence-electron chi connectivity index (χ2n) is 12.4. The van der Waals surface area contributed by atoms with Gasteiger partial charge in [0.2, 0.25) is 0 Å². The average molecular weight is 642 g/mol. The molecule has 234 valence electrons. The predicted octanol–water partition coefficient (Wildman–Crippen LogP) is 12.0. The van der Waals surface area contributed by atoms with Gasteiger partial charge in [-0.1, -0.05) is 127 Å². The van der Waals surface area contributed by atoms with E-state index in [4.69, 9.17) is 23.8 Å². The molecule has 0 amide bonds. The fourth-order valence-corrected chi connectivity index (χ4v) is 6.89. The number of hydrogen-bond donors (Lipinski definition) is 0. The zero-order valence-corrected chi connectivity index (χ0v) is 26.7. The van der Waals surface area contributed by atoms with Crippen molar-refractivity contribution in [2.24, 2.45) is 0 Å². The van der Waals surface area contributed by atoms with Crippen molar-refractivity contribution in [1.29, 1.82) is 0 Å². The number of rotatable bonds is 5. The van der Waals surface area contributed by atoms with Crippen LogP contribution in [0.25, 0.3) is 100 Å². The van der Waals surface area contributed by atoms with Crippen LogP contribution >= 0.6 is 0 Å². The Morgan fingerprint density at radius 2 is 0.720 bits per heavy atom. The third-order valence-electron chi connectivity index (χ3n) is 9.38. The molecule has 5 nitrogen and oxygen atoms in total. The zero-order chi connectivity index (χ0) is 33.0. The lowest BCUT2D eigenvalue weighted by Crippen LogP contribution is -2.01. The second kappa shape index (κ2) is 11.4. The molecule has 7 aromatic carbocycles. The molecule has 0 bridgehead atoms. The lowest BCUT2D eigenvalue weighted by molar-refractivity contribution is 0.668. The minimum Gasteiger partial charge on any atom is -0.456 e. The van der Waals surface area contributed by atoms with Crippen LogP contribution in [0.2, 0.25) is 0 Å². The third-order valence-corrected chi connectivity index (χ3v) is 9.38. The van der Waals surface area contributed by atoms with E-state index in [-0.39, 0.29) is 0 Å². The lowest BCUT2D eigenvalue weighted by Gasteiger charge is -2.12. The molecule has 0 aliphatic rings. The van der Waals surface area contributed by atoms with E-state index in [1.54, 1.807) is 0 Å². The van der Waals surface area contributed by atoms with Gasteiger partial charge < -0.3 is 8.83 Å². The van der Waals surface area contributed by atoms with Crippen LogP contribution in [0.4, 0.5) is 0 Å². The summed E-state index contributed by atoms with van der Waals surface area (Å²) in [5.41, 5.74) is 10.3. The van der Waals surface area contributed by atoms with Crippen LogP contribution in [-0.2, 0) is 0 Å². The quantitative estimate of drug-likeness (QED) is 0.187. The average Bonchev–Trinajstić information content (AvgIpc) is 3.76. The smallest absolute Gasteiger partial charge is 0.164 e. The summed E-state index contributed by atoms with van der Waals surface area (Å²) in [5, 5.41) is 4.34. The van der Waals surface area contributed by atoms with Crippen LogP contribution in [0.3, 0.4) is 0 Å². The molecule has 0 unspecified atom stereocenters. The minimum atomic E-state index is 0.571. The Kier molecular flexibility index (Phi) is 6.42. The Labute approximate surface area is 287 Å². The number of furan rings is 2. The molecular formula is C45H27N3O2. The second-order valence-corrected chi connectivity index (χ2v) is 12.4. The van der Waals surface area contributed by atoms with E-state index in [1.165, 1.54) is 0 Å². The zero-order valence-electron chi connectivity index (χ0n) is 26.7. The van der Waals surface area contributed by atoms with Crippen LogP contribution in [0.15, 0.2) is 173 Å². The monoisotopic (exact) mass is 641 g/mol. The van der Waals surface area contributed by atoms with Crippen molar-refractivity contribution in [2.75, 3.05) is 0 Å². The molecule has 0 fully saturated rings. The largest absolute Gasteiger partial charge is 0.456 e. The summed E-state index contributed by atoms with van der Waals surface area (Å²) in [6.45, 7) is 0. The molecule has 0 aliphatic carbocycles. The van der Waals surface area contributed by atoms with Crippen LogP contribution in [0.5, 0.6) is 0 Å². The molecule has 3 heterocycles. The van der Waals surface area contributed by atoms with Gasteiger partial charge in [-0.05, 0) is 58.7 Å². The number of aromatic nitrogens is 3. The van der Waals surface area contributed by atoms with Gasteiger partial charge in [0.25, 0.3) is 0 Å². The first-order valence-electron chi connectivity index (χ1n) is 16.6. The Balaban J connectivity index is 1.14. The fourth-order valence-electron chi connectivity index (χ4n) is 6.89. The number of hydrogen-bond acceptors (Lipinski definition) is 5. The Hall–Kier alpha value is -6.85. The van der Waals surface area contributed by atoms with Crippen molar-refractivity contribution in [2.45, 2.75) is 0 Å². The first-order chi connectivity index (χ1) is 24.7. The topological polar surface area (TPSA) is 65.0 Å². The molecule has 0 radical (unpaired) electrons. The summed E-state index contributed by atoms with van der Waals surface area (Å²) in [7, 11) is 0. The molecule has 5 heteroatoms. The normalized spacial score (nSPS) is 11.6. The Bertz CT molecular complexity index is 2870. The summed E-state index contributed by atoms with van der Waals surface area (Å²) in [4.78, 5) is 15.3. The van der Waals surface area contributed by atoms with Crippen molar-refractivity contribution in [1.82, 2.24) is 15.0 Å². The summed E-state index contributed by atoms with van der Waals surface area (Å²) in [6.07, 6.45) is 0. The Morgan fingerprint density at radius 3 is 1.40 bits per heavy atom. The molecule has 0 aliphatic heterocycles. The van der Waals surface area contributed by atoms with Gasteiger partial charge >= 0.3 is 0 Å². The Morgan fingerprint density at radius 1 is 0.280 bits per heavy atom. The SMILES string of the molecule is c1ccc(-c2ccc(-c3nc(-c4ccc5c(c4)oc4ccccc45)nc(-c4ccccc4-c4ccc5c(c4)oc4ccccc45)n3)cc2)cc1. The van der Waals surface area contributed by atoms with Crippen molar-refractivity contribution < 1.29 is 8.83 Å². The molecule has 3 aromatic heterocycles. The highest BCUT2D eigenvalue weighted by Gasteiger charge is 2.18. The molecule has 0 N–H and O–H groups in total. The van der Waals surface area contributed by atoms with Crippen molar-refractivity contribution in [3.05, 3.63) is 164 Å². The van der Waals surface area contributed by atoms with Gasteiger partial charge in [0, 0.05) is 38.2 Å². The molecule has 0 spiro atoms. The molecule has 0 saturated heterocycles. The minimum absolute atomic E-state index is 0.571. The first kappa shape index (κ1) is 28.2. The first-order valence-corrected chi connectivity index (χ1v) is 16.6. The van der Waals surface area contributed by atoms with Gasteiger partial charge in [-0.3, -0.25) is 0 Å². The third kappa shape index (κ3) is 4.75. The molecule has 10 aromatic rings. The van der Waals surface area contributed by atoms with E-state index in [1.807, 2.05) is 60.7 Å². The van der Waals surface area contributed by atoms with E-state index in [9.17, 15) is 0 Å². The highest BCUT2D eigenvalue weighted by Crippen LogP contribution is 2.37. The molecule has 0 saturated carbocycles. The van der Waals surface area contributed by atoms with Crippen LogP contribution in [0, 0.1) is 0 Å². The van der Waals surface area contributed by atoms with Gasteiger partial charge in [-0.15, -0.1) is 0 Å². The highest BCUT2D eigenvalue weighted by molar-refractivity contribution is 6.07. The van der Waals surface area contributed by atoms with Crippen molar-refractivity contribution in [3.63, 3.8) is 0 Å². The van der Waals surface area contributed by atoms with Crippen LogP contribution < -0.4 is 0 Å². The summed E-state index contributed by atoms with van der Waals surface area (Å²) in [5.74, 6) is 1.75. The fraction of sp³-hybridized carbons (Fsp3) is 0. The van der Waals surface area contributed by atoms with E-state index in [0.29, 0.717) is 17.5 Å². The standard InChI is InChI=1S/C45H27N3O2/c1-2-10-28(11-3-1)29-18-20-30(21-19-29)43-46-44(32-23-25-37-35-14-7-9-17-40(35)50-42(37)27-32)48-45(47-43)38-15-5-4-12-33(38)31-22-24-36-34-13-6-8-16-39(34)49-41(36)26-31/h1-27H. The van der Waals surface area contributed by atoms with Crippen molar-refractivity contribution in [3.8, 4) is 56.4 Å². The number of para-hydroxylation sites is 2.